The predicted molar refractivity (Wildman–Crippen MR) is 167 cm³/mol. The largest absolute Gasteiger partial charge is 0.356 e. The number of anilines is 2. The van der Waals surface area contributed by atoms with E-state index in [-0.39, 0.29) is 24.2 Å². The van der Waals surface area contributed by atoms with Crippen molar-refractivity contribution in [1.82, 2.24) is 21.3 Å². The molecule has 3 aromatic carbocycles. The van der Waals surface area contributed by atoms with Crippen molar-refractivity contribution in [2.45, 2.75) is 12.8 Å². The smallest absolute Gasteiger partial charge is 0.255 e. The number of nitrogens with zero attached hydrogens (tertiary/aromatic N) is 2. The molecule has 0 atom stereocenters. The first-order chi connectivity index (χ1) is 19.6. The second-order valence-corrected chi connectivity index (χ2v) is 9.55. The number of hydrogen-bond donors (Lipinski definition) is 6. The van der Waals surface area contributed by atoms with Crippen LogP contribution in [0, 0.1) is 0 Å². The first-order valence-electron chi connectivity index (χ1n) is 13.6. The topological polar surface area (TPSA) is 131 Å². The minimum atomic E-state index is -0.229. The van der Waals surface area contributed by atoms with Crippen molar-refractivity contribution in [3.63, 3.8) is 0 Å². The van der Waals surface area contributed by atoms with Gasteiger partial charge in [0, 0.05) is 48.7 Å². The molecule has 2 aliphatic heterocycles. The van der Waals surface area contributed by atoms with Crippen LogP contribution in [0.15, 0.2) is 82.8 Å². The van der Waals surface area contributed by atoms with E-state index < -0.39 is 0 Å². The molecular weight excluding hydrogens is 540 g/mol. The van der Waals surface area contributed by atoms with Gasteiger partial charge < -0.3 is 31.9 Å². The fraction of sp³-hybridized carbons (Fsp3) is 0.267. The van der Waals surface area contributed by atoms with Gasteiger partial charge in [0.1, 0.15) is 0 Å². The summed E-state index contributed by atoms with van der Waals surface area (Å²) in [6.45, 7) is 4.97. The summed E-state index contributed by atoms with van der Waals surface area (Å²) >= 11 is 0. The quantitative estimate of drug-likeness (QED) is 0.221. The van der Waals surface area contributed by atoms with E-state index in [4.69, 9.17) is 0 Å². The van der Waals surface area contributed by atoms with Crippen LogP contribution in [-0.4, -0.2) is 63.0 Å². The first kappa shape index (κ1) is 29.4. The van der Waals surface area contributed by atoms with Crippen LogP contribution in [0.3, 0.4) is 0 Å². The summed E-state index contributed by atoms with van der Waals surface area (Å²) in [5.41, 5.74) is 4.72. The Labute approximate surface area is 245 Å². The van der Waals surface area contributed by atoms with Crippen LogP contribution >= 0.6 is 12.4 Å². The molecule has 6 N–H and O–H groups in total. The lowest BCUT2D eigenvalue weighted by atomic mass is 10.1. The molecule has 5 rings (SSSR count). The number of benzene rings is 3. The maximum Gasteiger partial charge on any atom is 0.255 e. The van der Waals surface area contributed by atoms with Crippen molar-refractivity contribution in [3.8, 4) is 0 Å². The normalized spacial score (nSPS) is 13.6. The van der Waals surface area contributed by atoms with E-state index in [0.717, 1.165) is 64.0 Å². The molecule has 0 spiro atoms. The highest BCUT2D eigenvalue weighted by Crippen LogP contribution is 2.15. The number of nitrogens with one attached hydrogen (secondary N) is 6. The van der Waals surface area contributed by atoms with Gasteiger partial charge in [-0.3, -0.25) is 19.6 Å². The number of hydrogen-bond acceptors (Lipinski definition) is 8. The SMILES string of the molecule is Cl.O=C(Nc1ccc(CCNC2=NCCN2)cc1)c1ccc(C(=O)Nc2ccc(CCNC3=NCCN3)cc2)cc1. The lowest BCUT2D eigenvalue weighted by Crippen LogP contribution is -2.34. The van der Waals surface area contributed by atoms with Crippen LogP contribution < -0.4 is 31.9 Å². The van der Waals surface area contributed by atoms with Gasteiger partial charge in [0.15, 0.2) is 11.9 Å². The molecule has 11 heteroatoms. The fourth-order valence-electron chi connectivity index (χ4n) is 4.37. The molecule has 3 aromatic rings. The average molecular weight is 575 g/mol. The van der Waals surface area contributed by atoms with Crippen molar-refractivity contribution in [2.75, 3.05) is 49.9 Å². The van der Waals surface area contributed by atoms with Gasteiger partial charge in [-0.2, -0.15) is 0 Å². The number of rotatable bonds is 10. The van der Waals surface area contributed by atoms with Gasteiger partial charge in [0.05, 0.1) is 13.1 Å². The molecular formula is C30H35ClN8O2. The Morgan fingerprint density at radius 3 is 1.34 bits per heavy atom. The lowest BCUT2D eigenvalue weighted by molar-refractivity contribution is 0.101. The molecule has 0 unspecified atom stereocenters. The van der Waals surface area contributed by atoms with Crippen LogP contribution in [0.5, 0.6) is 0 Å². The van der Waals surface area contributed by atoms with Crippen molar-refractivity contribution >= 4 is 47.5 Å². The van der Waals surface area contributed by atoms with E-state index in [1.165, 1.54) is 11.1 Å². The van der Waals surface area contributed by atoms with Crippen molar-refractivity contribution in [2.24, 2.45) is 9.98 Å². The van der Waals surface area contributed by atoms with Crippen LogP contribution in [0.1, 0.15) is 31.8 Å². The maximum atomic E-state index is 12.7. The molecule has 0 bridgehead atoms. The molecule has 2 amide bonds. The van der Waals surface area contributed by atoms with Gasteiger partial charge in [0.2, 0.25) is 0 Å². The third-order valence-corrected chi connectivity index (χ3v) is 6.59. The van der Waals surface area contributed by atoms with Crippen molar-refractivity contribution < 1.29 is 9.59 Å². The number of carbonyl (C=O) groups excluding carboxylic acids is 2. The predicted octanol–water partition coefficient (Wildman–Crippen LogP) is 2.80. The van der Waals surface area contributed by atoms with Gasteiger partial charge in [0.25, 0.3) is 11.8 Å². The van der Waals surface area contributed by atoms with Gasteiger partial charge in [-0.05, 0) is 72.5 Å². The molecule has 0 radical (unpaired) electrons. The summed E-state index contributed by atoms with van der Waals surface area (Å²) < 4.78 is 0. The maximum absolute atomic E-state index is 12.7. The number of halogens is 1. The van der Waals surface area contributed by atoms with Crippen LogP contribution in [0.25, 0.3) is 0 Å². The molecule has 41 heavy (non-hydrogen) atoms. The minimum absolute atomic E-state index is 0. The summed E-state index contributed by atoms with van der Waals surface area (Å²) in [6.07, 6.45) is 1.71. The first-order valence-corrected chi connectivity index (χ1v) is 13.6. The second-order valence-electron chi connectivity index (χ2n) is 9.55. The zero-order valence-corrected chi connectivity index (χ0v) is 23.5. The third-order valence-electron chi connectivity index (χ3n) is 6.59. The number of carbonyl (C=O) groups is 2. The Balaban J connectivity index is 0.00000387. The molecule has 0 fully saturated rings. The molecule has 2 aliphatic rings. The van der Waals surface area contributed by atoms with E-state index in [0.29, 0.717) is 22.5 Å². The summed E-state index contributed by atoms with van der Waals surface area (Å²) in [5.74, 6) is 1.25. The van der Waals surface area contributed by atoms with E-state index in [9.17, 15) is 9.59 Å². The molecule has 0 saturated heterocycles. The Morgan fingerprint density at radius 1 is 0.610 bits per heavy atom. The highest BCUT2D eigenvalue weighted by molar-refractivity contribution is 6.07. The summed E-state index contributed by atoms with van der Waals surface area (Å²) in [4.78, 5) is 34.1. The van der Waals surface area contributed by atoms with E-state index in [2.05, 4.69) is 41.9 Å². The van der Waals surface area contributed by atoms with Crippen LogP contribution in [0.4, 0.5) is 11.4 Å². The standard InChI is InChI=1S/C30H34N8O2.ClH/c39-27(37-25-9-1-21(2-10-25)13-15-31-29-33-17-18-34-29)23-5-7-24(8-6-23)28(40)38-26-11-3-22(4-12-26)14-16-32-30-35-19-20-36-30;/h1-12H,13-20H2,(H,37,39)(H,38,40)(H2,31,33,34)(H2,32,35,36);1H. The van der Waals surface area contributed by atoms with Gasteiger partial charge in [-0.15, -0.1) is 12.4 Å². The van der Waals surface area contributed by atoms with E-state index in [1.807, 2.05) is 48.5 Å². The molecule has 0 saturated carbocycles. The van der Waals surface area contributed by atoms with Crippen molar-refractivity contribution in [1.29, 1.82) is 0 Å². The minimum Gasteiger partial charge on any atom is -0.356 e. The number of guanidine groups is 2. The second kappa shape index (κ2) is 14.7. The zero-order chi connectivity index (χ0) is 27.6. The zero-order valence-electron chi connectivity index (χ0n) is 22.7. The monoisotopic (exact) mass is 574 g/mol. The highest BCUT2D eigenvalue weighted by Gasteiger charge is 2.11. The van der Waals surface area contributed by atoms with Gasteiger partial charge in [-0.25, -0.2) is 0 Å². The van der Waals surface area contributed by atoms with Gasteiger partial charge in [-0.1, -0.05) is 24.3 Å². The highest BCUT2D eigenvalue weighted by atomic mass is 35.5. The summed E-state index contributed by atoms with van der Waals surface area (Å²) in [5, 5.41) is 18.7. The van der Waals surface area contributed by atoms with E-state index >= 15 is 0 Å². The van der Waals surface area contributed by atoms with Crippen molar-refractivity contribution in [3.05, 3.63) is 95.1 Å². The molecule has 214 valence electrons. The Bertz CT molecular complexity index is 1270. The van der Waals surface area contributed by atoms with Crippen LogP contribution in [-0.2, 0) is 12.8 Å². The van der Waals surface area contributed by atoms with Gasteiger partial charge >= 0.3 is 0 Å². The van der Waals surface area contributed by atoms with Crippen LogP contribution in [0.2, 0.25) is 0 Å². The average Bonchev–Trinajstić information content (AvgIpc) is 3.70. The fourth-order valence-corrected chi connectivity index (χ4v) is 4.37. The Kier molecular flexibility index (Phi) is 10.6. The lowest BCUT2D eigenvalue weighted by Gasteiger charge is -2.10. The molecule has 2 heterocycles. The summed E-state index contributed by atoms with van der Waals surface area (Å²) in [7, 11) is 0. The molecule has 0 aliphatic carbocycles. The number of aliphatic imine (C=N–C) groups is 2. The Hall–Kier alpha value is -4.57. The summed E-state index contributed by atoms with van der Waals surface area (Å²) in [6, 6.07) is 22.2. The third kappa shape index (κ3) is 8.71. The molecule has 0 aromatic heterocycles. The van der Waals surface area contributed by atoms with E-state index in [1.54, 1.807) is 24.3 Å². The number of amides is 2. The molecule has 10 nitrogen and oxygen atoms in total. The Morgan fingerprint density at radius 2 is 1.00 bits per heavy atom.